The van der Waals surface area contributed by atoms with Gasteiger partial charge in [-0.15, -0.1) is 0 Å². The standard InChI is InChI=1S/C15H18N2O/c16-13-2-1-3-14-12(13)4-5-17(14)15(18)11-7-9-6-10(9)8-11/h1-3,9-11H,4-8,16H2. The highest BCUT2D eigenvalue weighted by Gasteiger charge is 2.49. The van der Waals surface area contributed by atoms with Gasteiger partial charge in [0.05, 0.1) is 0 Å². The molecule has 94 valence electrons. The number of rotatable bonds is 1. The van der Waals surface area contributed by atoms with E-state index in [1.54, 1.807) is 0 Å². The van der Waals surface area contributed by atoms with Crippen LogP contribution in [-0.2, 0) is 11.2 Å². The molecular formula is C15H18N2O. The third-order valence-electron chi connectivity index (χ3n) is 4.92. The number of nitrogen functional groups attached to an aromatic ring is 1. The predicted molar refractivity (Wildman–Crippen MR) is 71.2 cm³/mol. The van der Waals surface area contributed by atoms with E-state index in [9.17, 15) is 4.79 Å². The van der Waals surface area contributed by atoms with Gasteiger partial charge in [-0.05, 0) is 49.7 Å². The van der Waals surface area contributed by atoms with Gasteiger partial charge >= 0.3 is 0 Å². The SMILES string of the molecule is Nc1cccc2c1CCN2C(=O)C1CC2CC2C1. The van der Waals surface area contributed by atoms with E-state index < -0.39 is 0 Å². The number of hydrogen-bond acceptors (Lipinski definition) is 2. The monoisotopic (exact) mass is 242 g/mol. The molecule has 1 heterocycles. The summed E-state index contributed by atoms with van der Waals surface area (Å²) >= 11 is 0. The fraction of sp³-hybridized carbons (Fsp3) is 0.533. The molecule has 18 heavy (non-hydrogen) atoms. The van der Waals surface area contributed by atoms with E-state index in [4.69, 9.17) is 5.73 Å². The van der Waals surface area contributed by atoms with Gasteiger partial charge in [0.25, 0.3) is 0 Å². The van der Waals surface area contributed by atoms with E-state index in [2.05, 4.69) is 0 Å². The molecule has 1 aliphatic heterocycles. The van der Waals surface area contributed by atoms with E-state index in [0.717, 1.165) is 54.6 Å². The van der Waals surface area contributed by atoms with Crippen molar-refractivity contribution in [3.63, 3.8) is 0 Å². The molecule has 2 aliphatic carbocycles. The zero-order valence-corrected chi connectivity index (χ0v) is 10.4. The molecule has 2 atom stereocenters. The van der Waals surface area contributed by atoms with Gasteiger partial charge in [0.1, 0.15) is 0 Å². The van der Waals surface area contributed by atoms with Crippen molar-refractivity contribution < 1.29 is 4.79 Å². The quantitative estimate of drug-likeness (QED) is 0.767. The van der Waals surface area contributed by atoms with Crippen molar-refractivity contribution in [1.29, 1.82) is 0 Å². The van der Waals surface area contributed by atoms with Crippen LogP contribution in [0.15, 0.2) is 18.2 Å². The van der Waals surface area contributed by atoms with Gasteiger partial charge in [0.15, 0.2) is 0 Å². The Morgan fingerprint density at radius 2 is 2.00 bits per heavy atom. The van der Waals surface area contributed by atoms with Crippen molar-refractivity contribution >= 4 is 17.3 Å². The van der Waals surface area contributed by atoms with E-state index in [1.807, 2.05) is 23.1 Å². The first kappa shape index (κ1) is 10.4. The van der Waals surface area contributed by atoms with Crippen LogP contribution in [-0.4, -0.2) is 12.5 Å². The number of carbonyl (C=O) groups excluding carboxylic acids is 1. The van der Waals surface area contributed by atoms with Crippen molar-refractivity contribution in [2.24, 2.45) is 17.8 Å². The summed E-state index contributed by atoms with van der Waals surface area (Å²) in [4.78, 5) is 14.5. The van der Waals surface area contributed by atoms with Gasteiger partial charge in [-0.3, -0.25) is 4.79 Å². The fourth-order valence-electron chi connectivity index (χ4n) is 3.83. The Morgan fingerprint density at radius 3 is 2.78 bits per heavy atom. The highest BCUT2D eigenvalue weighted by atomic mass is 16.2. The third-order valence-corrected chi connectivity index (χ3v) is 4.92. The number of nitrogens with zero attached hydrogens (tertiary/aromatic N) is 1. The summed E-state index contributed by atoms with van der Waals surface area (Å²) < 4.78 is 0. The molecule has 0 aromatic heterocycles. The van der Waals surface area contributed by atoms with E-state index in [-0.39, 0.29) is 5.92 Å². The summed E-state index contributed by atoms with van der Waals surface area (Å²) in [6.07, 6.45) is 4.52. The van der Waals surface area contributed by atoms with Crippen LogP contribution in [0.4, 0.5) is 11.4 Å². The third kappa shape index (κ3) is 1.39. The van der Waals surface area contributed by atoms with Gasteiger partial charge in [-0.1, -0.05) is 6.07 Å². The first-order chi connectivity index (χ1) is 8.74. The second-order valence-electron chi connectivity index (χ2n) is 6.01. The van der Waals surface area contributed by atoms with Crippen molar-refractivity contribution in [3.05, 3.63) is 23.8 Å². The Labute approximate surface area is 107 Å². The zero-order chi connectivity index (χ0) is 12.3. The van der Waals surface area contributed by atoms with E-state index in [1.165, 1.54) is 6.42 Å². The van der Waals surface area contributed by atoms with Crippen LogP contribution in [0.2, 0.25) is 0 Å². The van der Waals surface area contributed by atoms with Gasteiger partial charge in [0, 0.05) is 29.4 Å². The minimum Gasteiger partial charge on any atom is -0.398 e. The highest BCUT2D eigenvalue weighted by molar-refractivity contribution is 5.98. The highest BCUT2D eigenvalue weighted by Crippen LogP contribution is 2.55. The molecule has 2 unspecified atom stereocenters. The molecule has 3 nitrogen and oxygen atoms in total. The van der Waals surface area contributed by atoms with Crippen LogP contribution in [0.1, 0.15) is 24.8 Å². The summed E-state index contributed by atoms with van der Waals surface area (Å²) in [6, 6.07) is 5.91. The molecule has 2 N–H and O–H groups in total. The molecular weight excluding hydrogens is 224 g/mol. The largest absolute Gasteiger partial charge is 0.398 e. The minimum atomic E-state index is 0.279. The lowest BCUT2D eigenvalue weighted by atomic mass is 10.0. The first-order valence-corrected chi connectivity index (χ1v) is 6.93. The number of benzene rings is 1. The van der Waals surface area contributed by atoms with Crippen LogP contribution in [0.5, 0.6) is 0 Å². The molecule has 1 amide bonds. The Kier molecular flexibility index (Phi) is 2.02. The number of fused-ring (bicyclic) bond motifs is 2. The maximum atomic E-state index is 12.6. The Hall–Kier alpha value is -1.51. The van der Waals surface area contributed by atoms with Gasteiger partial charge < -0.3 is 10.6 Å². The molecule has 1 aromatic carbocycles. The maximum absolute atomic E-state index is 12.6. The Balaban J connectivity index is 1.60. The summed E-state index contributed by atoms with van der Waals surface area (Å²) in [5.74, 6) is 2.34. The molecule has 0 saturated heterocycles. The van der Waals surface area contributed by atoms with Crippen LogP contribution in [0, 0.1) is 17.8 Å². The summed E-state index contributed by atoms with van der Waals surface area (Å²) in [7, 11) is 0. The molecule has 4 rings (SSSR count). The molecule has 3 aliphatic rings. The fourth-order valence-corrected chi connectivity index (χ4v) is 3.83. The number of carbonyl (C=O) groups is 1. The average Bonchev–Trinajstić information content (AvgIpc) is 2.81. The van der Waals surface area contributed by atoms with Gasteiger partial charge in [-0.25, -0.2) is 0 Å². The van der Waals surface area contributed by atoms with Crippen LogP contribution < -0.4 is 10.6 Å². The van der Waals surface area contributed by atoms with Crippen molar-refractivity contribution in [1.82, 2.24) is 0 Å². The number of amides is 1. The predicted octanol–water partition coefficient (Wildman–Crippen LogP) is 2.20. The van der Waals surface area contributed by atoms with E-state index in [0.29, 0.717) is 5.91 Å². The summed E-state index contributed by atoms with van der Waals surface area (Å²) in [5, 5.41) is 0. The number of anilines is 2. The molecule has 1 aromatic rings. The Morgan fingerprint density at radius 1 is 1.22 bits per heavy atom. The second-order valence-corrected chi connectivity index (χ2v) is 6.01. The van der Waals surface area contributed by atoms with Crippen LogP contribution in [0.25, 0.3) is 0 Å². The number of nitrogens with two attached hydrogens (primary N) is 1. The Bertz CT molecular complexity index is 515. The first-order valence-electron chi connectivity index (χ1n) is 6.93. The topological polar surface area (TPSA) is 46.3 Å². The normalized spacial score (nSPS) is 32.2. The lowest BCUT2D eigenvalue weighted by Gasteiger charge is -2.22. The summed E-state index contributed by atoms with van der Waals surface area (Å²) in [6.45, 7) is 0.814. The van der Waals surface area contributed by atoms with Crippen LogP contribution >= 0.6 is 0 Å². The van der Waals surface area contributed by atoms with Crippen molar-refractivity contribution in [2.75, 3.05) is 17.2 Å². The van der Waals surface area contributed by atoms with Gasteiger partial charge in [0.2, 0.25) is 5.91 Å². The number of hydrogen-bond donors (Lipinski definition) is 1. The summed E-state index contributed by atoms with van der Waals surface area (Å²) in [5.41, 5.74) is 9.03. The lowest BCUT2D eigenvalue weighted by molar-refractivity contribution is -0.122. The maximum Gasteiger partial charge on any atom is 0.230 e. The van der Waals surface area contributed by atoms with Crippen molar-refractivity contribution in [2.45, 2.75) is 25.7 Å². The zero-order valence-electron chi connectivity index (χ0n) is 10.4. The smallest absolute Gasteiger partial charge is 0.230 e. The minimum absolute atomic E-state index is 0.279. The molecule has 0 bridgehead atoms. The molecule has 2 saturated carbocycles. The van der Waals surface area contributed by atoms with Gasteiger partial charge in [-0.2, -0.15) is 0 Å². The second kappa shape index (κ2) is 3.50. The average molecular weight is 242 g/mol. The van der Waals surface area contributed by atoms with Crippen molar-refractivity contribution in [3.8, 4) is 0 Å². The molecule has 3 heteroatoms. The molecule has 0 spiro atoms. The molecule has 2 fully saturated rings. The van der Waals surface area contributed by atoms with Crippen LogP contribution in [0.3, 0.4) is 0 Å². The molecule has 0 radical (unpaired) electrons. The van der Waals surface area contributed by atoms with E-state index >= 15 is 0 Å². The lowest BCUT2D eigenvalue weighted by Crippen LogP contribution is -2.34.